The van der Waals surface area contributed by atoms with Gasteiger partial charge in [0, 0.05) is 43.8 Å². The zero-order chi connectivity index (χ0) is 32.4. The van der Waals surface area contributed by atoms with Crippen LogP contribution in [0.3, 0.4) is 0 Å². The van der Waals surface area contributed by atoms with Crippen molar-refractivity contribution < 1.29 is 40.3 Å². The topological polar surface area (TPSA) is 143 Å². The number of nitrogens with one attached hydrogen (secondary N) is 2. The monoisotopic (exact) mass is 644 g/mol. The second-order valence-corrected chi connectivity index (χ2v) is 12.1. The lowest BCUT2D eigenvalue weighted by Crippen LogP contribution is -2.43. The van der Waals surface area contributed by atoms with Crippen LogP contribution in [0, 0.1) is 5.82 Å². The van der Waals surface area contributed by atoms with Crippen LogP contribution < -0.4 is 15.4 Å². The van der Waals surface area contributed by atoms with Crippen LogP contribution in [-0.2, 0) is 16.0 Å². The van der Waals surface area contributed by atoms with E-state index in [4.69, 9.17) is 4.74 Å². The average molecular weight is 645 g/mol. The standard InChI is InChI=1S/C29H24F4N6O5S/c1-34-28-36-8-6-24(38-28)21-3-2-7-35-26(21)44-20-4-5-23(30)22(16-20)25(40)37-19-14-17(13-18(15-19)29(31,32)33)27(41)39-9-11-45(42,43)12-10-39/h2-8,13-16H,9-12H2,1H3,(H,37,40)(H,34,36,38). The molecule has 0 aliphatic carbocycles. The summed E-state index contributed by atoms with van der Waals surface area (Å²) in [5.74, 6) is -3.20. The van der Waals surface area contributed by atoms with E-state index >= 15 is 0 Å². The summed E-state index contributed by atoms with van der Waals surface area (Å²) in [5.41, 5.74) is -1.73. The minimum Gasteiger partial charge on any atom is -0.438 e. The molecule has 45 heavy (non-hydrogen) atoms. The number of benzene rings is 2. The summed E-state index contributed by atoms with van der Waals surface area (Å²) in [4.78, 5) is 39.9. The molecule has 11 nitrogen and oxygen atoms in total. The fraction of sp³-hybridized carbons (Fsp3) is 0.207. The van der Waals surface area contributed by atoms with E-state index in [1.165, 1.54) is 18.5 Å². The summed E-state index contributed by atoms with van der Waals surface area (Å²) >= 11 is 0. The zero-order valence-corrected chi connectivity index (χ0v) is 24.2. The fourth-order valence-electron chi connectivity index (χ4n) is 4.43. The van der Waals surface area contributed by atoms with Crippen LogP contribution in [0.1, 0.15) is 26.3 Å². The summed E-state index contributed by atoms with van der Waals surface area (Å²) in [6.07, 6.45) is -1.92. The van der Waals surface area contributed by atoms with Crippen LogP contribution in [0.15, 0.2) is 67.0 Å². The van der Waals surface area contributed by atoms with Crippen molar-refractivity contribution in [2.75, 3.05) is 42.3 Å². The minimum atomic E-state index is -4.89. The Labute approximate surface area is 254 Å². The predicted octanol–water partition coefficient (Wildman–Crippen LogP) is 4.65. The van der Waals surface area contributed by atoms with Crippen molar-refractivity contribution in [1.82, 2.24) is 19.9 Å². The molecule has 2 aromatic heterocycles. The van der Waals surface area contributed by atoms with E-state index in [1.54, 1.807) is 25.2 Å². The molecule has 1 aliphatic rings. The van der Waals surface area contributed by atoms with Gasteiger partial charge in [-0.2, -0.15) is 13.2 Å². The van der Waals surface area contributed by atoms with E-state index in [0.717, 1.165) is 23.1 Å². The van der Waals surface area contributed by atoms with Crippen molar-refractivity contribution in [2.45, 2.75) is 6.18 Å². The van der Waals surface area contributed by atoms with Crippen LogP contribution in [0.5, 0.6) is 11.6 Å². The quantitative estimate of drug-likeness (QED) is 0.275. The van der Waals surface area contributed by atoms with Gasteiger partial charge >= 0.3 is 6.18 Å². The van der Waals surface area contributed by atoms with Gasteiger partial charge < -0.3 is 20.3 Å². The lowest BCUT2D eigenvalue weighted by molar-refractivity contribution is -0.137. The van der Waals surface area contributed by atoms with Gasteiger partial charge in [-0.05, 0) is 54.6 Å². The minimum absolute atomic E-state index is 0.00986. The molecule has 0 atom stereocenters. The van der Waals surface area contributed by atoms with Crippen LogP contribution >= 0.6 is 0 Å². The molecule has 0 saturated carbocycles. The number of pyridine rings is 1. The Morgan fingerprint density at radius 1 is 0.978 bits per heavy atom. The number of nitrogens with zero attached hydrogens (tertiary/aromatic N) is 4. The molecule has 1 aliphatic heterocycles. The van der Waals surface area contributed by atoms with E-state index in [0.29, 0.717) is 29.3 Å². The number of hydrogen-bond acceptors (Lipinski definition) is 9. The molecule has 3 heterocycles. The number of carbonyl (C=O) groups excluding carboxylic acids is 2. The van der Waals surface area contributed by atoms with E-state index in [2.05, 4.69) is 25.6 Å². The smallest absolute Gasteiger partial charge is 0.416 e. The maximum absolute atomic E-state index is 14.8. The number of aromatic nitrogens is 3. The molecule has 234 valence electrons. The summed E-state index contributed by atoms with van der Waals surface area (Å²) in [5, 5.41) is 5.04. The van der Waals surface area contributed by atoms with Crippen molar-refractivity contribution in [3.8, 4) is 22.9 Å². The van der Waals surface area contributed by atoms with Gasteiger partial charge in [0.15, 0.2) is 9.84 Å². The van der Waals surface area contributed by atoms with Gasteiger partial charge in [-0.25, -0.2) is 27.8 Å². The molecule has 0 bridgehead atoms. The highest BCUT2D eigenvalue weighted by atomic mass is 32.2. The number of amides is 2. The number of rotatable bonds is 7. The Bertz CT molecular complexity index is 1870. The lowest BCUT2D eigenvalue weighted by atomic mass is 10.1. The van der Waals surface area contributed by atoms with Crippen molar-refractivity contribution in [1.29, 1.82) is 0 Å². The highest BCUT2D eigenvalue weighted by molar-refractivity contribution is 7.91. The first-order valence-corrected chi connectivity index (χ1v) is 15.1. The Kier molecular flexibility index (Phi) is 8.68. The Morgan fingerprint density at radius 3 is 2.44 bits per heavy atom. The summed E-state index contributed by atoms with van der Waals surface area (Å²) in [6.45, 7) is -0.383. The molecule has 2 amide bonds. The number of alkyl halides is 3. The van der Waals surface area contributed by atoms with Crippen molar-refractivity contribution >= 4 is 33.3 Å². The van der Waals surface area contributed by atoms with Gasteiger partial charge in [0.25, 0.3) is 11.8 Å². The van der Waals surface area contributed by atoms with Gasteiger partial charge in [-0.3, -0.25) is 9.59 Å². The molecule has 1 fully saturated rings. The molecule has 5 rings (SSSR count). The largest absolute Gasteiger partial charge is 0.438 e. The highest BCUT2D eigenvalue weighted by Crippen LogP contribution is 2.34. The van der Waals surface area contributed by atoms with Crippen LogP contribution in [-0.4, -0.2) is 71.7 Å². The first kappa shape index (κ1) is 31.3. The zero-order valence-electron chi connectivity index (χ0n) is 23.4. The second kappa shape index (κ2) is 12.5. The number of halogens is 4. The van der Waals surface area contributed by atoms with E-state index in [9.17, 15) is 35.6 Å². The molecule has 0 radical (unpaired) electrons. The molecule has 2 aromatic carbocycles. The Morgan fingerprint density at radius 2 is 1.73 bits per heavy atom. The lowest BCUT2D eigenvalue weighted by Gasteiger charge is -2.27. The highest BCUT2D eigenvalue weighted by Gasteiger charge is 2.33. The maximum Gasteiger partial charge on any atom is 0.416 e. The predicted molar refractivity (Wildman–Crippen MR) is 155 cm³/mol. The number of sulfone groups is 1. The molecule has 4 aromatic rings. The van der Waals surface area contributed by atoms with E-state index in [-0.39, 0.29) is 36.2 Å². The first-order valence-electron chi connectivity index (χ1n) is 13.3. The number of carbonyl (C=O) groups is 2. The van der Waals surface area contributed by atoms with Crippen LogP contribution in [0.25, 0.3) is 11.3 Å². The average Bonchev–Trinajstić information content (AvgIpc) is 3.01. The van der Waals surface area contributed by atoms with Crippen molar-refractivity contribution in [3.63, 3.8) is 0 Å². The van der Waals surface area contributed by atoms with E-state index < -0.39 is 56.0 Å². The van der Waals surface area contributed by atoms with Crippen LogP contribution in [0.2, 0.25) is 0 Å². The molecule has 16 heteroatoms. The van der Waals surface area contributed by atoms with Gasteiger partial charge in [0.05, 0.1) is 33.9 Å². The molecule has 0 spiro atoms. The third-order valence-electron chi connectivity index (χ3n) is 6.72. The molecular weight excluding hydrogens is 620 g/mol. The number of ether oxygens (including phenoxy) is 1. The fourth-order valence-corrected chi connectivity index (χ4v) is 5.63. The summed E-state index contributed by atoms with van der Waals surface area (Å²) in [6, 6.07) is 10.4. The molecule has 1 saturated heterocycles. The summed E-state index contributed by atoms with van der Waals surface area (Å²) in [7, 11) is -1.71. The molecule has 0 unspecified atom stereocenters. The molecule has 2 N–H and O–H groups in total. The maximum atomic E-state index is 14.8. The second-order valence-electron chi connectivity index (χ2n) is 9.81. The van der Waals surface area contributed by atoms with E-state index in [1.807, 2.05) is 0 Å². The normalized spacial score (nSPS) is 14.5. The number of anilines is 2. The Balaban J connectivity index is 1.41. The number of hydrogen-bond donors (Lipinski definition) is 2. The van der Waals surface area contributed by atoms with Crippen molar-refractivity contribution in [3.05, 3.63) is 89.5 Å². The summed E-state index contributed by atoms with van der Waals surface area (Å²) < 4.78 is 85.3. The Hall–Kier alpha value is -5.12. The van der Waals surface area contributed by atoms with Crippen molar-refractivity contribution in [2.24, 2.45) is 0 Å². The molecular formula is C29H24F4N6O5S. The third kappa shape index (κ3) is 7.34. The van der Waals surface area contributed by atoms with Gasteiger partial charge in [-0.1, -0.05) is 0 Å². The van der Waals surface area contributed by atoms with Gasteiger partial charge in [-0.15, -0.1) is 0 Å². The third-order valence-corrected chi connectivity index (χ3v) is 8.33. The van der Waals surface area contributed by atoms with Gasteiger partial charge in [0.1, 0.15) is 11.6 Å². The van der Waals surface area contributed by atoms with Crippen LogP contribution in [0.4, 0.5) is 29.2 Å². The first-order chi connectivity index (χ1) is 21.3. The van der Waals surface area contributed by atoms with Gasteiger partial charge in [0.2, 0.25) is 11.8 Å². The SMILES string of the molecule is CNc1nccc(-c2cccnc2Oc2ccc(F)c(C(=O)Nc3cc(C(=O)N4CCS(=O)(=O)CC4)cc(C(F)(F)F)c3)c2)n1.